The minimum atomic E-state index is -2.05. The molecule has 3 aliphatic heterocycles. The van der Waals surface area contributed by atoms with Crippen molar-refractivity contribution >= 4 is 40.3 Å². The molecular formula is C41H54N2O13. The zero-order valence-corrected chi connectivity index (χ0v) is 33.4. The molecule has 9 atom stereocenters. The minimum absolute atomic E-state index is 0.0363. The maximum absolute atomic E-state index is 14.3. The van der Waals surface area contributed by atoms with Gasteiger partial charge in [-0.1, -0.05) is 58.0 Å². The van der Waals surface area contributed by atoms with Crippen molar-refractivity contribution in [1.82, 2.24) is 0 Å². The number of ketones is 1. The van der Waals surface area contributed by atoms with Crippen LogP contribution in [0.1, 0.15) is 83.3 Å². The van der Waals surface area contributed by atoms with E-state index in [1.165, 1.54) is 53.2 Å². The van der Waals surface area contributed by atoms with E-state index in [4.69, 9.17) is 23.8 Å². The third kappa shape index (κ3) is 8.49. The number of oxime groups is 1. The number of fused-ring (bicyclic) bond motifs is 14. The molecule has 2 aromatic carbocycles. The van der Waals surface area contributed by atoms with E-state index in [0.717, 1.165) is 6.21 Å². The molecule has 6 N–H and O–H groups in total. The van der Waals surface area contributed by atoms with Gasteiger partial charge in [0.1, 0.15) is 30.0 Å². The number of hydrogen-bond donors (Lipinski definition) is 6. The van der Waals surface area contributed by atoms with Crippen molar-refractivity contribution in [2.45, 2.75) is 98.9 Å². The summed E-state index contributed by atoms with van der Waals surface area (Å²) in [7, 11) is 1.43. The summed E-state index contributed by atoms with van der Waals surface area (Å²) >= 11 is 0. The first-order valence-electron chi connectivity index (χ1n) is 18.6. The molecule has 9 unspecified atom stereocenters. The van der Waals surface area contributed by atoms with Gasteiger partial charge in [-0.15, -0.1) is 0 Å². The molecule has 56 heavy (non-hydrogen) atoms. The molecule has 15 nitrogen and oxygen atoms in total. The Morgan fingerprint density at radius 2 is 1.66 bits per heavy atom. The first kappa shape index (κ1) is 43.6. The third-order valence-electron chi connectivity index (χ3n) is 10.6. The van der Waals surface area contributed by atoms with Crippen molar-refractivity contribution in [3.63, 3.8) is 0 Å². The molecule has 1 amide bonds. The van der Waals surface area contributed by atoms with Crippen molar-refractivity contribution in [3.8, 4) is 23.0 Å². The molecule has 0 fully saturated rings. The number of phenols is 3. The van der Waals surface area contributed by atoms with Crippen LogP contribution < -0.4 is 10.1 Å². The summed E-state index contributed by atoms with van der Waals surface area (Å²) in [6.07, 6.45) is 5.13. The number of aliphatic hydroxyl groups excluding tert-OH is 2. The minimum Gasteiger partial charge on any atom is -0.507 e. The number of phenolic OH excluding ortho intramolecular Hbond substituents is 3. The van der Waals surface area contributed by atoms with Crippen molar-refractivity contribution in [2.24, 2.45) is 28.8 Å². The zero-order valence-electron chi connectivity index (χ0n) is 33.4. The average molecular weight is 783 g/mol. The Bertz CT molecular complexity index is 1950. The predicted molar refractivity (Wildman–Crippen MR) is 208 cm³/mol. The first-order chi connectivity index (χ1) is 26.3. The van der Waals surface area contributed by atoms with E-state index in [9.17, 15) is 39.9 Å². The predicted octanol–water partition coefficient (Wildman–Crippen LogP) is 5.51. The lowest BCUT2D eigenvalue weighted by molar-refractivity contribution is -0.160. The quantitative estimate of drug-likeness (QED) is 0.0532. The van der Waals surface area contributed by atoms with Crippen LogP contribution >= 0.6 is 0 Å². The monoisotopic (exact) mass is 782 g/mol. The molecule has 3 aliphatic rings. The van der Waals surface area contributed by atoms with Gasteiger partial charge in [0.15, 0.2) is 5.75 Å². The molecule has 306 valence electrons. The number of Topliss-reactive ketones (excluding diaryl/α,β-unsaturated/α-hetero) is 1. The molecule has 0 saturated heterocycles. The highest BCUT2D eigenvalue weighted by molar-refractivity contribution is 6.23. The Morgan fingerprint density at radius 1 is 0.982 bits per heavy atom. The van der Waals surface area contributed by atoms with Crippen molar-refractivity contribution < 1.29 is 63.7 Å². The maximum atomic E-state index is 14.3. The van der Waals surface area contributed by atoms with Crippen LogP contribution in [0.3, 0.4) is 0 Å². The molecule has 3 heterocycles. The van der Waals surface area contributed by atoms with Crippen LogP contribution in [0.15, 0.2) is 41.3 Å². The maximum Gasteiger partial charge on any atom is 0.312 e. The first-order valence-corrected chi connectivity index (χ1v) is 18.6. The number of hydrogen-bond acceptors (Lipinski definition) is 14. The molecule has 0 spiro atoms. The highest BCUT2D eigenvalue weighted by Gasteiger charge is 2.50. The van der Waals surface area contributed by atoms with Crippen LogP contribution in [-0.4, -0.2) is 93.3 Å². The van der Waals surface area contributed by atoms with Crippen molar-refractivity contribution in [2.75, 3.05) is 19.0 Å². The van der Waals surface area contributed by atoms with E-state index in [0.29, 0.717) is 6.42 Å². The van der Waals surface area contributed by atoms with Gasteiger partial charge in [-0.25, -0.2) is 0 Å². The number of aromatic hydroxyl groups is 3. The molecule has 5 bridgehead atoms. The lowest BCUT2D eigenvalue weighted by Gasteiger charge is -2.38. The SMILES string of the molecule is CCCO/N=C/c1c2c(O)c3c(O)c(C)c4c(c3c1O)C(=O)C(C)(OC=CC(OC)C(C)C(OC(C)=O)C(C)C(O)C(C)C(O)C(C)C=CC=C(C)C(=O)N2)O4. The fourth-order valence-electron chi connectivity index (χ4n) is 7.11. The average Bonchev–Trinajstić information content (AvgIpc) is 3.42. The summed E-state index contributed by atoms with van der Waals surface area (Å²) in [6, 6.07) is 0. The lowest BCUT2D eigenvalue weighted by atomic mass is 9.78. The second kappa shape index (κ2) is 17.8. The molecular weight excluding hydrogens is 728 g/mol. The van der Waals surface area contributed by atoms with E-state index in [1.54, 1.807) is 39.8 Å². The van der Waals surface area contributed by atoms with Gasteiger partial charge in [-0.3, -0.25) is 14.4 Å². The van der Waals surface area contributed by atoms with E-state index < -0.39 is 88.8 Å². The smallest absolute Gasteiger partial charge is 0.312 e. The van der Waals surface area contributed by atoms with Gasteiger partial charge >= 0.3 is 11.8 Å². The van der Waals surface area contributed by atoms with Gasteiger partial charge in [0.05, 0.1) is 53.0 Å². The van der Waals surface area contributed by atoms with Crippen LogP contribution in [0.4, 0.5) is 5.69 Å². The standard InChI is InChI=1S/C41H54N2O13/c1-11-16-54-42-18-26-31-36(49)29-28(35(26)48)30-38(24(7)34(29)47)56-41(9,39(30)50)53-17-15-27(52-10)21(4)37(55-25(8)44)23(6)33(46)22(5)32(45)19(2)13-12-14-20(3)40(51)43-31/h12-15,17-19,21-23,27,32-33,37,45-49H,11,16H2,1-10H3,(H,43,51)/b13-12?,17-15?,20-14?,42-18+. The topological polar surface area (TPSA) is 223 Å². The van der Waals surface area contributed by atoms with Crippen LogP contribution in [0.5, 0.6) is 23.0 Å². The number of anilines is 1. The van der Waals surface area contributed by atoms with Crippen LogP contribution in [0, 0.1) is 30.6 Å². The zero-order chi connectivity index (χ0) is 41.8. The lowest BCUT2D eigenvalue weighted by Crippen LogP contribution is -2.46. The van der Waals surface area contributed by atoms with Crippen LogP contribution in [0.2, 0.25) is 0 Å². The Morgan fingerprint density at radius 3 is 2.29 bits per heavy atom. The number of amides is 1. The van der Waals surface area contributed by atoms with Gasteiger partial charge in [0, 0.05) is 61.2 Å². The Hall–Kier alpha value is -5.12. The molecule has 0 saturated carbocycles. The molecule has 0 aliphatic carbocycles. The fourth-order valence-corrected chi connectivity index (χ4v) is 7.11. The van der Waals surface area contributed by atoms with E-state index in [-0.39, 0.29) is 51.1 Å². The van der Waals surface area contributed by atoms with Crippen LogP contribution in [0.25, 0.3) is 10.8 Å². The Balaban J connectivity index is 1.97. The van der Waals surface area contributed by atoms with E-state index in [1.807, 2.05) is 6.92 Å². The number of carbonyl (C=O) groups excluding carboxylic acids is 3. The molecule has 0 radical (unpaired) electrons. The Kier molecular flexibility index (Phi) is 13.8. The third-order valence-corrected chi connectivity index (χ3v) is 10.6. The summed E-state index contributed by atoms with van der Waals surface area (Å²) in [6.45, 7) is 14.5. The van der Waals surface area contributed by atoms with Crippen molar-refractivity contribution in [3.05, 3.63) is 52.8 Å². The summed E-state index contributed by atoms with van der Waals surface area (Å²) < 4.78 is 23.4. The number of carbonyl (C=O) groups is 3. The van der Waals surface area contributed by atoms with Gasteiger partial charge < -0.3 is 54.6 Å². The number of aliphatic hydroxyl groups is 2. The molecule has 2 aromatic rings. The Labute approximate surface area is 326 Å². The summed E-state index contributed by atoms with van der Waals surface area (Å²) in [4.78, 5) is 45.4. The second-order valence-corrected chi connectivity index (χ2v) is 14.7. The van der Waals surface area contributed by atoms with Gasteiger partial charge in [-0.2, -0.15) is 0 Å². The number of nitrogens with one attached hydrogen (secondary N) is 1. The highest BCUT2D eigenvalue weighted by atomic mass is 16.7. The van der Waals surface area contributed by atoms with Gasteiger partial charge in [-0.05, 0) is 26.3 Å². The molecule has 5 rings (SSSR count). The summed E-state index contributed by atoms with van der Waals surface area (Å²) in [5, 5.41) is 63.6. The van der Waals surface area contributed by atoms with Crippen molar-refractivity contribution in [1.29, 1.82) is 0 Å². The molecule has 15 heteroatoms. The number of allylic oxidation sites excluding steroid dienone is 2. The second-order valence-electron chi connectivity index (χ2n) is 14.7. The fraction of sp³-hybridized carbons (Fsp3) is 0.512. The molecule has 0 aromatic heterocycles. The van der Waals surface area contributed by atoms with E-state index >= 15 is 0 Å². The van der Waals surface area contributed by atoms with Gasteiger partial charge in [0.25, 0.3) is 11.7 Å². The summed E-state index contributed by atoms with van der Waals surface area (Å²) in [5.74, 6) is -8.59. The van der Waals surface area contributed by atoms with Crippen LogP contribution in [-0.2, 0) is 28.6 Å². The largest absolute Gasteiger partial charge is 0.507 e. The highest BCUT2D eigenvalue weighted by Crippen LogP contribution is 2.55. The number of ether oxygens (including phenoxy) is 4. The van der Waals surface area contributed by atoms with E-state index in [2.05, 4.69) is 10.5 Å². The summed E-state index contributed by atoms with van der Waals surface area (Å²) in [5.41, 5.74) is -0.591. The number of methoxy groups -OCH3 is 1. The number of nitrogens with zero attached hydrogens (tertiary/aromatic N) is 1. The number of rotatable bonds is 6. The van der Waals surface area contributed by atoms with Gasteiger partial charge in [0.2, 0.25) is 0 Å². The normalized spacial score (nSPS) is 29.0. The number of benzene rings is 2. The number of esters is 1.